The summed E-state index contributed by atoms with van der Waals surface area (Å²) in [5.74, 6) is 0.0708. The zero-order valence-electron chi connectivity index (χ0n) is 7.39. The van der Waals surface area contributed by atoms with Crippen molar-refractivity contribution in [2.45, 2.75) is 0 Å². The van der Waals surface area contributed by atoms with Crippen LogP contribution in [0.2, 0.25) is 0 Å². The standard InChI is InChI=1S/C7H9NO4S.H2O/c1-8-6-2-4-7(5-3-6)12-13(9,10)11;/h2-5,8H,1H3,(H,9,10,11);1H2. The second kappa shape index (κ2) is 4.80. The van der Waals surface area contributed by atoms with Gasteiger partial charge in [0.05, 0.1) is 0 Å². The van der Waals surface area contributed by atoms with Gasteiger partial charge in [0.2, 0.25) is 0 Å². The van der Waals surface area contributed by atoms with Crippen LogP contribution in [0.3, 0.4) is 0 Å². The fourth-order valence-electron chi connectivity index (χ4n) is 0.799. The Morgan fingerprint density at radius 1 is 1.29 bits per heavy atom. The van der Waals surface area contributed by atoms with Crippen molar-refractivity contribution in [1.82, 2.24) is 0 Å². The Hall–Kier alpha value is -1.31. The highest BCUT2D eigenvalue weighted by Gasteiger charge is 2.05. The van der Waals surface area contributed by atoms with E-state index in [9.17, 15) is 8.42 Å². The zero-order valence-corrected chi connectivity index (χ0v) is 8.21. The molecule has 0 aliphatic rings. The second-order valence-corrected chi connectivity index (χ2v) is 3.31. The molecule has 1 rings (SSSR count). The Morgan fingerprint density at radius 2 is 1.79 bits per heavy atom. The highest BCUT2D eigenvalue weighted by Crippen LogP contribution is 2.16. The molecule has 0 fully saturated rings. The summed E-state index contributed by atoms with van der Waals surface area (Å²) in [5, 5.41) is 2.85. The summed E-state index contributed by atoms with van der Waals surface area (Å²) in [6, 6.07) is 6.11. The van der Waals surface area contributed by atoms with Gasteiger partial charge in [-0.25, -0.2) is 0 Å². The fourth-order valence-corrected chi connectivity index (χ4v) is 1.15. The molecule has 0 bridgehead atoms. The molecule has 1 aromatic carbocycles. The molecule has 0 amide bonds. The van der Waals surface area contributed by atoms with Crippen molar-refractivity contribution in [1.29, 1.82) is 0 Å². The lowest BCUT2D eigenvalue weighted by atomic mass is 10.3. The normalized spacial score (nSPS) is 10.1. The predicted molar refractivity (Wildman–Crippen MR) is 51.8 cm³/mol. The summed E-state index contributed by atoms with van der Waals surface area (Å²) in [6.07, 6.45) is 0. The summed E-state index contributed by atoms with van der Waals surface area (Å²) < 4.78 is 33.1. The van der Waals surface area contributed by atoms with Gasteiger partial charge in [0, 0.05) is 12.7 Å². The molecule has 0 aliphatic carbocycles. The monoisotopic (exact) mass is 221 g/mol. The van der Waals surface area contributed by atoms with E-state index in [4.69, 9.17) is 4.55 Å². The van der Waals surface area contributed by atoms with Crippen LogP contribution in [0, 0.1) is 0 Å². The number of benzene rings is 1. The number of hydrogen-bond donors (Lipinski definition) is 2. The molecule has 0 aliphatic heterocycles. The summed E-state index contributed by atoms with van der Waals surface area (Å²) >= 11 is 0. The van der Waals surface area contributed by atoms with Crippen LogP contribution >= 0.6 is 0 Å². The first-order valence-corrected chi connectivity index (χ1v) is 4.82. The molecule has 0 radical (unpaired) electrons. The van der Waals surface area contributed by atoms with Gasteiger partial charge in [-0.15, -0.1) is 0 Å². The van der Waals surface area contributed by atoms with Crippen molar-refractivity contribution < 1.29 is 22.6 Å². The first kappa shape index (κ1) is 12.7. The highest BCUT2D eigenvalue weighted by molar-refractivity contribution is 7.81. The molecule has 6 nitrogen and oxygen atoms in total. The quantitative estimate of drug-likeness (QED) is 0.703. The molecule has 7 heteroatoms. The molecule has 14 heavy (non-hydrogen) atoms. The molecule has 0 unspecified atom stereocenters. The molecule has 0 spiro atoms. The minimum Gasteiger partial charge on any atom is -0.412 e. The Labute approximate surface area is 81.8 Å². The third kappa shape index (κ3) is 4.08. The van der Waals surface area contributed by atoms with Crippen molar-refractivity contribution in [3.63, 3.8) is 0 Å². The van der Waals surface area contributed by atoms with Gasteiger partial charge in [-0.3, -0.25) is 4.55 Å². The van der Waals surface area contributed by atoms with E-state index in [0.717, 1.165) is 5.69 Å². The second-order valence-electron chi connectivity index (χ2n) is 2.29. The van der Waals surface area contributed by atoms with Crippen molar-refractivity contribution in [2.75, 3.05) is 12.4 Å². The van der Waals surface area contributed by atoms with Crippen molar-refractivity contribution >= 4 is 16.1 Å². The Morgan fingerprint density at radius 3 is 2.14 bits per heavy atom. The maximum Gasteiger partial charge on any atom is 0.446 e. The number of hydrogen-bond acceptors (Lipinski definition) is 4. The molecular formula is C7H11NO5S. The molecular weight excluding hydrogens is 210 g/mol. The Balaban J connectivity index is 0.00000169. The van der Waals surface area contributed by atoms with Crippen molar-refractivity contribution in [3.8, 4) is 5.75 Å². The van der Waals surface area contributed by atoms with Gasteiger partial charge in [-0.1, -0.05) is 0 Å². The van der Waals surface area contributed by atoms with Crippen molar-refractivity contribution in [2.24, 2.45) is 0 Å². The smallest absolute Gasteiger partial charge is 0.412 e. The van der Waals surface area contributed by atoms with Gasteiger partial charge in [0.15, 0.2) is 0 Å². The van der Waals surface area contributed by atoms with Gasteiger partial charge >= 0.3 is 10.4 Å². The lowest BCUT2D eigenvalue weighted by Crippen LogP contribution is -2.06. The molecule has 80 valence electrons. The molecule has 0 atom stereocenters. The molecule has 4 N–H and O–H groups in total. The van der Waals surface area contributed by atoms with Gasteiger partial charge in [0.25, 0.3) is 0 Å². The minimum atomic E-state index is -4.42. The topological polar surface area (TPSA) is 107 Å². The lowest BCUT2D eigenvalue weighted by Gasteiger charge is -2.02. The average molecular weight is 221 g/mol. The van der Waals surface area contributed by atoms with Crippen LogP contribution < -0.4 is 9.50 Å². The van der Waals surface area contributed by atoms with E-state index in [1.807, 2.05) is 0 Å². The van der Waals surface area contributed by atoms with E-state index < -0.39 is 10.4 Å². The first-order chi connectivity index (χ1) is 6.01. The van der Waals surface area contributed by atoms with E-state index in [0.29, 0.717) is 0 Å². The number of nitrogens with one attached hydrogen (secondary N) is 1. The fraction of sp³-hybridized carbons (Fsp3) is 0.143. The predicted octanol–water partition coefficient (Wildman–Crippen LogP) is 0.0852. The van der Waals surface area contributed by atoms with Crippen LogP contribution in [0.4, 0.5) is 5.69 Å². The Bertz CT molecular complexity index is 372. The maximum atomic E-state index is 10.3. The molecule has 0 saturated heterocycles. The lowest BCUT2D eigenvalue weighted by molar-refractivity contribution is 0.387. The van der Waals surface area contributed by atoms with Gasteiger partial charge in [-0.2, -0.15) is 8.42 Å². The maximum absolute atomic E-state index is 10.3. The zero-order chi connectivity index (χ0) is 9.90. The summed E-state index contributed by atoms with van der Waals surface area (Å²) in [7, 11) is -2.68. The van der Waals surface area contributed by atoms with Gasteiger partial charge in [0.1, 0.15) is 5.75 Å². The van der Waals surface area contributed by atoms with Crippen LogP contribution in [0.25, 0.3) is 0 Å². The van der Waals surface area contributed by atoms with Crippen LogP contribution in [0.1, 0.15) is 0 Å². The van der Waals surface area contributed by atoms with Gasteiger partial charge < -0.3 is 15.0 Å². The van der Waals surface area contributed by atoms with Crippen LogP contribution in [-0.4, -0.2) is 25.5 Å². The van der Waals surface area contributed by atoms with Crippen molar-refractivity contribution in [3.05, 3.63) is 24.3 Å². The summed E-state index contributed by atoms with van der Waals surface area (Å²) in [5.41, 5.74) is 0.822. The Kier molecular flexibility index (Phi) is 4.35. The van der Waals surface area contributed by atoms with E-state index >= 15 is 0 Å². The first-order valence-electron chi connectivity index (χ1n) is 3.46. The van der Waals surface area contributed by atoms with E-state index in [1.54, 1.807) is 19.2 Å². The van der Waals surface area contributed by atoms with Crippen LogP contribution in [0.5, 0.6) is 5.75 Å². The number of rotatable bonds is 3. The van der Waals surface area contributed by atoms with Gasteiger partial charge in [-0.05, 0) is 24.3 Å². The number of anilines is 1. The molecule has 1 aromatic rings. The minimum absolute atomic E-state index is 0. The van der Waals surface area contributed by atoms with E-state index in [1.165, 1.54) is 12.1 Å². The summed E-state index contributed by atoms with van der Waals surface area (Å²) in [6.45, 7) is 0. The van der Waals surface area contributed by atoms with Crippen LogP contribution in [0.15, 0.2) is 24.3 Å². The highest BCUT2D eigenvalue weighted by atomic mass is 32.3. The third-order valence-corrected chi connectivity index (χ3v) is 1.75. The molecule has 0 saturated carbocycles. The molecule has 0 aromatic heterocycles. The largest absolute Gasteiger partial charge is 0.446 e. The summed E-state index contributed by atoms with van der Waals surface area (Å²) in [4.78, 5) is 0. The van der Waals surface area contributed by atoms with E-state index in [-0.39, 0.29) is 11.2 Å². The molecule has 0 heterocycles. The third-order valence-electron chi connectivity index (χ3n) is 1.34. The van der Waals surface area contributed by atoms with E-state index in [2.05, 4.69) is 9.50 Å². The van der Waals surface area contributed by atoms with Crippen LogP contribution in [-0.2, 0) is 10.4 Å². The average Bonchev–Trinajstić information content (AvgIpc) is 2.03. The SMILES string of the molecule is CNc1ccc(OS(=O)(=O)O)cc1.O.